The largest absolute Gasteiger partial charge is 0.466 e. The van der Waals surface area contributed by atoms with Gasteiger partial charge in [-0.1, -0.05) is 286 Å². The summed E-state index contributed by atoms with van der Waals surface area (Å²) in [4.78, 5) is 24.4. The van der Waals surface area contributed by atoms with Gasteiger partial charge < -0.3 is 20.3 Å². The van der Waals surface area contributed by atoms with Gasteiger partial charge in [-0.3, -0.25) is 9.59 Å². The van der Waals surface area contributed by atoms with Gasteiger partial charge in [0.1, 0.15) is 0 Å². The Hall–Kier alpha value is -2.44. The van der Waals surface area contributed by atoms with Crippen LogP contribution in [0.1, 0.15) is 328 Å². The average molecular weight is 1020 g/mol. The Kier molecular flexibility index (Phi) is 60.0. The number of hydrogen-bond acceptors (Lipinski definition) is 5. The molecule has 0 rings (SSSR count). The first-order chi connectivity index (χ1) is 36.0. The lowest BCUT2D eigenvalue weighted by molar-refractivity contribution is -0.143. The van der Waals surface area contributed by atoms with Crippen molar-refractivity contribution in [2.24, 2.45) is 0 Å². The van der Waals surface area contributed by atoms with Gasteiger partial charge in [-0.05, 0) is 89.9 Å². The number of allylic oxidation sites excluding steroid dienone is 9. The van der Waals surface area contributed by atoms with Gasteiger partial charge in [0, 0.05) is 12.8 Å². The van der Waals surface area contributed by atoms with Crippen LogP contribution in [0.5, 0.6) is 0 Å². The van der Waals surface area contributed by atoms with Crippen molar-refractivity contribution in [2.75, 3.05) is 13.2 Å². The molecule has 0 aromatic carbocycles. The van der Waals surface area contributed by atoms with E-state index in [0.717, 1.165) is 57.8 Å². The molecular weight excluding hydrogens is 899 g/mol. The van der Waals surface area contributed by atoms with Crippen molar-refractivity contribution >= 4 is 11.9 Å². The quantitative estimate of drug-likeness (QED) is 0.0320. The molecule has 6 heteroatoms. The number of aliphatic hydroxyl groups is 2. The molecule has 0 aliphatic heterocycles. The maximum Gasteiger partial charge on any atom is 0.305 e. The minimum Gasteiger partial charge on any atom is -0.466 e. The summed E-state index contributed by atoms with van der Waals surface area (Å²) < 4.78 is 5.47. The van der Waals surface area contributed by atoms with E-state index in [1.165, 1.54) is 244 Å². The summed E-state index contributed by atoms with van der Waals surface area (Å²) in [6, 6.07) is -0.625. The number of carbonyl (C=O) groups excluding carboxylic acids is 2. The van der Waals surface area contributed by atoms with E-state index in [1.807, 2.05) is 6.08 Å². The molecule has 3 N–H and O–H groups in total. The molecule has 0 aliphatic carbocycles. The molecule has 0 saturated carbocycles. The molecule has 6 nitrogen and oxygen atoms in total. The fourth-order valence-electron chi connectivity index (χ4n) is 9.56. The van der Waals surface area contributed by atoms with E-state index in [0.29, 0.717) is 19.4 Å². The summed E-state index contributed by atoms with van der Waals surface area (Å²) >= 11 is 0. The third-order valence-corrected chi connectivity index (χ3v) is 14.5. The van der Waals surface area contributed by atoms with Crippen LogP contribution in [0.4, 0.5) is 0 Å². The molecule has 1 amide bonds. The highest BCUT2D eigenvalue weighted by Crippen LogP contribution is 2.17. The molecule has 0 radical (unpaired) electrons. The van der Waals surface area contributed by atoms with E-state index < -0.39 is 12.1 Å². The molecule has 426 valence electrons. The molecule has 0 spiro atoms. The minimum absolute atomic E-state index is 0.00139. The fourth-order valence-corrected chi connectivity index (χ4v) is 9.56. The second-order valence-corrected chi connectivity index (χ2v) is 21.7. The number of rotatable bonds is 59. The Labute approximate surface area is 454 Å². The zero-order valence-corrected chi connectivity index (χ0v) is 48.6. The summed E-state index contributed by atoms with van der Waals surface area (Å²) in [6.45, 7) is 4.83. The molecule has 0 aromatic rings. The molecule has 0 saturated heterocycles. The van der Waals surface area contributed by atoms with E-state index in [-0.39, 0.29) is 18.5 Å². The Morgan fingerprint density at radius 3 is 1.08 bits per heavy atom. The lowest BCUT2D eigenvalue weighted by atomic mass is 10.0. The Bertz CT molecular complexity index is 1270. The van der Waals surface area contributed by atoms with Crippen LogP contribution in [0.2, 0.25) is 0 Å². The number of hydrogen-bond donors (Lipinski definition) is 3. The molecule has 0 bridgehead atoms. The number of esters is 1. The van der Waals surface area contributed by atoms with Crippen molar-refractivity contribution in [1.29, 1.82) is 0 Å². The lowest BCUT2D eigenvalue weighted by Gasteiger charge is -2.20. The molecule has 2 unspecified atom stereocenters. The van der Waals surface area contributed by atoms with Crippen LogP contribution in [0.25, 0.3) is 0 Å². The topological polar surface area (TPSA) is 95.9 Å². The second kappa shape index (κ2) is 62.1. The summed E-state index contributed by atoms with van der Waals surface area (Å²) in [7, 11) is 0. The van der Waals surface area contributed by atoms with Crippen LogP contribution in [0.15, 0.2) is 60.8 Å². The molecule has 73 heavy (non-hydrogen) atoms. The smallest absolute Gasteiger partial charge is 0.305 e. The number of aliphatic hydroxyl groups excluding tert-OH is 2. The monoisotopic (exact) mass is 1020 g/mol. The summed E-state index contributed by atoms with van der Waals surface area (Å²) in [5, 5.41) is 23.0. The molecule has 2 atom stereocenters. The summed E-state index contributed by atoms with van der Waals surface area (Å²) in [5.74, 6) is -0.0703. The molecule has 0 aliphatic rings. The predicted molar refractivity (Wildman–Crippen MR) is 319 cm³/mol. The van der Waals surface area contributed by atoms with Crippen molar-refractivity contribution in [2.45, 2.75) is 341 Å². The highest BCUT2D eigenvalue weighted by Gasteiger charge is 2.18. The maximum atomic E-state index is 12.4. The van der Waals surface area contributed by atoms with E-state index in [2.05, 4.69) is 67.8 Å². The van der Waals surface area contributed by atoms with Gasteiger partial charge in [0.2, 0.25) is 5.91 Å². The summed E-state index contributed by atoms with van der Waals surface area (Å²) in [5.41, 5.74) is 0. The van der Waals surface area contributed by atoms with Gasteiger partial charge in [0.05, 0.1) is 25.4 Å². The number of carbonyl (C=O) groups is 2. The van der Waals surface area contributed by atoms with Crippen molar-refractivity contribution < 1.29 is 24.5 Å². The Morgan fingerprint density at radius 1 is 0.384 bits per heavy atom. The third kappa shape index (κ3) is 58.7. The fraction of sp³-hybridized carbons (Fsp3) is 0.821. The predicted octanol–water partition coefficient (Wildman–Crippen LogP) is 20.3. The Balaban J connectivity index is 3.38. The van der Waals surface area contributed by atoms with Crippen LogP contribution in [-0.4, -0.2) is 47.4 Å². The van der Waals surface area contributed by atoms with Crippen molar-refractivity contribution in [3.8, 4) is 0 Å². The van der Waals surface area contributed by atoms with Crippen molar-refractivity contribution in [3.05, 3.63) is 60.8 Å². The third-order valence-electron chi connectivity index (χ3n) is 14.5. The highest BCUT2D eigenvalue weighted by atomic mass is 16.5. The molecule has 0 heterocycles. The van der Waals surface area contributed by atoms with E-state index in [4.69, 9.17) is 4.74 Å². The van der Waals surface area contributed by atoms with Gasteiger partial charge >= 0.3 is 5.97 Å². The SMILES string of the molecule is CCCC/C=C\C/C=C\CCCCCCCC(=O)OCCCCCCCCCCC/C=C\C/C=C\CCCCCCCCCCCCCCCCCCCC(=O)NC(CO)C(O)/C=C/CCCCCCCCC. The van der Waals surface area contributed by atoms with E-state index in [9.17, 15) is 19.8 Å². The average Bonchev–Trinajstić information content (AvgIpc) is 3.39. The van der Waals surface area contributed by atoms with Gasteiger partial charge in [-0.25, -0.2) is 0 Å². The van der Waals surface area contributed by atoms with Crippen molar-refractivity contribution in [3.63, 3.8) is 0 Å². The van der Waals surface area contributed by atoms with Crippen LogP contribution in [0.3, 0.4) is 0 Å². The van der Waals surface area contributed by atoms with E-state index >= 15 is 0 Å². The first kappa shape index (κ1) is 70.6. The van der Waals surface area contributed by atoms with Gasteiger partial charge in [-0.15, -0.1) is 0 Å². The van der Waals surface area contributed by atoms with Crippen LogP contribution in [-0.2, 0) is 14.3 Å². The standard InChI is InChI=1S/C67H123NO5/c1-3-5-7-9-11-13-14-15-38-41-45-49-53-57-61-67(72)73-62-58-54-50-46-42-39-36-34-32-30-28-26-24-22-20-18-16-17-19-21-23-25-27-29-31-33-35-37-40-44-48-52-56-60-66(71)68-64(63-69)65(70)59-55-51-47-43-12-10-8-6-4-2/h9,11,14-15,20,22,26,28,55,59,64-65,69-70H,3-8,10,12-13,16-19,21,23-25,27,29-54,56-58,60-63H2,1-2H3,(H,68,71)/b11-9-,15-14-,22-20-,28-26-,59-55+. The first-order valence-electron chi connectivity index (χ1n) is 32.1. The van der Waals surface area contributed by atoms with E-state index in [1.54, 1.807) is 6.08 Å². The van der Waals surface area contributed by atoms with Crippen molar-refractivity contribution in [1.82, 2.24) is 5.32 Å². The number of nitrogens with one attached hydrogen (secondary N) is 1. The van der Waals surface area contributed by atoms with Crippen LogP contribution in [0, 0.1) is 0 Å². The zero-order valence-electron chi connectivity index (χ0n) is 48.6. The number of ether oxygens (including phenoxy) is 1. The Morgan fingerprint density at radius 2 is 0.699 bits per heavy atom. The minimum atomic E-state index is -0.841. The lowest BCUT2D eigenvalue weighted by Crippen LogP contribution is -2.45. The van der Waals surface area contributed by atoms with Gasteiger partial charge in [0.25, 0.3) is 0 Å². The number of amides is 1. The molecular formula is C67H123NO5. The zero-order chi connectivity index (χ0) is 52.9. The van der Waals surface area contributed by atoms with Gasteiger partial charge in [-0.2, -0.15) is 0 Å². The van der Waals surface area contributed by atoms with Crippen LogP contribution < -0.4 is 5.32 Å². The summed E-state index contributed by atoms with van der Waals surface area (Å²) in [6.07, 6.45) is 81.5. The molecule has 0 aromatic heterocycles. The number of unbranched alkanes of at least 4 members (excludes halogenated alkanes) is 40. The van der Waals surface area contributed by atoms with Gasteiger partial charge in [0.15, 0.2) is 0 Å². The molecule has 0 fully saturated rings. The first-order valence-corrected chi connectivity index (χ1v) is 32.1. The maximum absolute atomic E-state index is 12.4. The second-order valence-electron chi connectivity index (χ2n) is 21.7. The normalized spacial score (nSPS) is 13.0. The van der Waals surface area contributed by atoms with Crippen LogP contribution >= 0.6 is 0 Å². The highest BCUT2D eigenvalue weighted by molar-refractivity contribution is 5.76.